The third-order valence-corrected chi connectivity index (χ3v) is 6.23. The van der Waals surface area contributed by atoms with Crippen LogP contribution in [0.4, 0.5) is 0 Å². The molecule has 0 radical (unpaired) electrons. The van der Waals surface area contributed by atoms with Crippen molar-refractivity contribution in [2.75, 3.05) is 7.11 Å². The maximum atomic E-state index is 13.9. The van der Waals surface area contributed by atoms with Crippen LogP contribution < -0.4 is 14.8 Å². The molecular formula is C27H29NO4. The molecule has 0 saturated heterocycles. The Morgan fingerprint density at radius 1 is 1.06 bits per heavy atom. The second-order valence-electron chi connectivity index (χ2n) is 8.77. The number of amides is 1. The first kappa shape index (κ1) is 21.9. The maximum absolute atomic E-state index is 13.9. The van der Waals surface area contributed by atoms with Crippen molar-refractivity contribution in [1.29, 1.82) is 0 Å². The third-order valence-electron chi connectivity index (χ3n) is 6.23. The average Bonchev–Trinajstić information content (AvgIpc) is 3.09. The smallest absolute Gasteiger partial charge is 0.220 e. The Bertz CT molecular complexity index is 1160. The Labute approximate surface area is 188 Å². The van der Waals surface area contributed by atoms with Crippen LogP contribution in [0.3, 0.4) is 0 Å². The SMILES string of the molecule is COc1cc2c(c3ccccc13)OC(CCC(=O)NC(C)C)C2(C)C(=O)c1ccccc1. The summed E-state index contributed by atoms with van der Waals surface area (Å²) in [6.07, 6.45) is 0.237. The number of benzene rings is 3. The molecular weight excluding hydrogens is 402 g/mol. The number of rotatable bonds is 7. The molecule has 0 spiro atoms. The molecule has 0 fully saturated rings. The van der Waals surface area contributed by atoms with Crippen LogP contribution in [0.15, 0.2) is 60.7 Å². The van der Waals surface area contributed by atoms with Gasteiger partial charge in [-0.1, -0.05) is 54.6 Å². The molecule has 32 heavy (non-hydrogen) atoms. The van der Waals surface area contributed by atoms with Gasteiger partial charge in [0.05, 0.1) is 12.5 Å². The van der Waals surface area contributed by atoms with Gasteiger partial charge in [0.1, 0.15) is 17.6 Å². The number of ether oxygens (including phenoxy) is 2. The number of ketones is 1. The van der Waals surface area contributed by atoms with E-state index in [0.717, 1.165) is 16.3 Å². The minimum Gasteiger partial charge on any atom is -0.496 e. The van der Waals surface area contributed by atoms with E-state index in [1.807, 2.05) is 81.4 Å². The number of carbonyl (C=O) groups is 2. The molecule has 1 aliphatic rings. The molecule has 1 amide bonds. The van der Waals surface area contributed by atoms with Gasteiger partial charge in [-0.15, -0.1) is 0 Å². The van der Waals surface area contributed by atoms with Crippen LogP contribution in [0.1, 0.15) is 49.5 Å². The lowest BCUT2D eigenvalue weighted by Crippen LogP contribution is -2.43. The molecule has 3 aromatic carbocycles. The topological polar surface area (TPSA) is 64.6 Å². The minimum atomic E-state index is -0.952. The van der Waals surface area contributed by atoms with E-state index in [1.54, 1.807) is 7.11 Å². The normalized spacial score (nSPS) is 19.5. The van der Waals surface area contributed by atoms with E-state index < -0.39 is 11.5 Å². The fourth-order valence-corrected chi connectivity index (χ4v) is 4.59. The lowest BCUT2D eigenvalue weighted by molar-refractivity contribution is -0.122. The van der Waals surface area contributed by atoms with Crippen LogP contribution in [-0.2, 0) is 10.2 Å². The lowest BCUT2D eigenvalue weighted by Gasteiger charge is -2.29. The van der Waals surface area contributed by atoms with Gasteiger partial charge in [0.2, 0.25) is 5.91 Å². The van der Waals surface area contributed by atoms with E-state index in [-0.39, 0.29) is 24.2 Å². The standard InChI is InChI=1S/C27H29NO4/c1-17(2)28-24(29)15-14-23-27(3,26(30)18-10-6-5-7-11-18)21-16-22(31-4)19-12-8-9-13-20(19)25(21)32-23/h5-13,16-17,23H,14-15H2,1-4H3,(H,28,29). The largest absolute Gasteiger partial charge is 0.496 e. The second-order valence-corrected chi connectivity index (χ2v) is 8.77. The first-order chi connectivity index (χ1) is 15.4. The molecule has 5 nitrogen and oxygen atoms in total. The number of methoxy groups -OCH3 is 1. The van der Waals surface area contributed by atoms with Crippen LogP contribution in [-0.4, -0.2) is 30.9 Å². The molecule has 0 bridgehead atoms. The van der Waals surface area contributed by atoms with Gasteiger partial charge < -0.3 is 14.8 Å². The number of hydrogen-bond donors (Lipinski definition) is 1. The van der Waals surface area contributed by atoms with Crippen molar-refractivity contribution in [3.05, 3.63) is 71.8 Å². The third kappa shape index (κ3) is 3.72. The second kappa shape index (κ2) is 8.65. The molecule has 5 heteroatoms. The summed E-state index contributed by atoms with van der Waals surface area (Å²) in [5, 5.41) is 4.76. The summed E-state index contributed by atoms with van der Waals surface area (Å²) >= 11 is 0. The Morgan fingerprint density at radius 3 is 2.38 bits per heavy atom. The molecule has 1 aliphatic heterocycles. The highest BCUT2D eigenvalue weighted by Gasteiger charge is 2.51. The van der Waals surface area contributed by atoms with Gasteiger partial charge in [0.25, 0.3) is 0 Å². The first-order valence-electron chi connectivity index (χ1n) is 11.0. The number of nitrogens with one attached hydrogen (secondary N) is 1. The zero-order valence-electron chi connectivity index (χ0n) is 19.0. The van der Waals surface area contributed by atoms with E-state index in [4.69, 9.17) is 9.47 Å². The van der Waals surface area contributed by atoms with Crippen molar-refractivity contribution in [2.24, 2.45) is 0 Å². The van der Waals surface area contributed by atoms with Crippen LogP contribution in [0.5, 0.6) is 11.5 Å². The molecule has 0 aromatic heterocycles. The van der Waals surface area contributed by atoms with Crippen molar-refractivity contribution < 1.29 is 19.1 Å². The van der Waals surface area contributed by atoms with E-state index in [9.17, 15) is 9.59 Å². The van der Waals surface area contributed by atoms with E-state index >= 15 is 0 Å². The van der Waals surface area contributed by atoms with Crippen molar-refractivity contribution in [3.8, 4) is 11.5 Å². The highest BCUT2D eigenvalue weighted by atomic mass is 16.5. The van der Waals surface area contributed by atoms with E-state index in [2.05, 4.69) is 5.32 Å². The number of carbonyl (C=O) groups excluding carboxylic acids is 2. The fraction of sp³-hybridized carbons (Fsp3) is 0.333. The fourth-order valence-electron chi connectivity index (χ4n) is 4.59. The highest BCUT2D eigenvalue weighted by molar-refractivity contribution is 6.07. The zero-order valence-corrected chi connectivity index (χ0v) is 19.0. The number of Topliss-reactive ketones (excluding diaryl/α,β-unsaturated/α-hetero) is 1. The molecule has 2 atom stereocenters. The number of fused-ring (bicyclic) bond motifs is 3. The predicted molar refractivity (Wildman–Crippen MR) is 126 cm³/mol. The van der Waals surface area contributed by atoms with Gasteiger partial charge in [0.15, 0.2) is 5.78 Å². The van der Waals surface area contributed by atoms with Gasteiger partial charge in [-0.25, -0.2) is 0 Å². The van der Waals surface area contributed by atoms with Gasteiger partial charge in [0, 0.05) is 34.4 Å². The molecule has 166 valence electrons. The van der Waals surface area contributed by atoms with Crippen molar-refractivity contribution in [2.45, 2.75) is 51.2 Å². The van der Waals surface area contributed by atoms with E-state index in [1.165, 1.54) is 0 Å². The first-order valence-corrected chi connectivity index (χ1v) is 11.0. The molecule has 2 unspecified atom stereocenters. The van der Waals surface area contributed by atoms with E-state index in [0.29, 0.717) is 23.5 Å². The zero-order chi connectivity index (χ0) is 22.9. The molecule has 4 rings (SSSR count). The van der Waals surface area contributed by atoms with Crippen LogP contribution >= 0.6 is 0 Å². The summed E-state index contributed by atoms with van der Waals surface area (Å²) in [6.45, 7) is 5.79. The summed E-state index contributed by atoms with van der Waals surface area (Å²) in [7, 11) is 1.63. The summed E-state index contributed by atoms with van der Waals surface area (Å²) in [5.41, 5.74) is 0.470. The Balaban J connectivity index is 1.82. The average molecular weight is 432 g/mol. The van der Waals surface area contributed by atoms with Crippen LogP contribution in [0.2, 0.25) is 0 Å². The van der Waals surface area contributed by atoms with Crippen molar-refractivity contribution in [1.82, 2.24) is 5.32 Å². The van der Waals surface area contributed by atoms with Gasteiger partial charge >= 0.3 is 0 Å². The Kier molecular flexibility index (Phi) is 5.92. The van der Waals surface area contributed by atoms with Crippen LogP contribution in [0, 0.1) is 0 Å². The highest BCUT2D eigenvalue weighted by Crippen LogP contribution is 2.51. The molecule has 1 N–H and O–H groups in total. The van der Waals surface area contributed by atoms with Gasteiger partial charge in [-0.3, -0.25) is 9.59 Å². The predicted octanol–water partition coefficient (Wildman–Crippen LogP) is 5.05. The number of hydrogen-bond acceptors (Lipinski definition) is 4. The minimum absolute atomic E-state index is 0.0246. The van der Waals surface area contributed by atoms with Crippen molar-refractivity contribution in [3.63, 3.8) is 0 Å². The Morgan fingerprint density at radius 2 is 1.72 bits per heavy atom. The summed E-state index contributed by atoms with van der Waals surface area (Å²) in [4.78, 5) is 26.3. The quantitative estimate of drug-likeness (QED) is 0.532. The van der Waals surface area contributed by atoms with Gasteiger partial charge in [-0.05, 0) is 33.3 Å². The molecule has 3 aromatic rings. The molecule has 0 aliphatic carbocycles. The molecule has 0 saturated carbocycles. The lowest BCUT2D eigenvalue weighted by atomic mass is 9.71. The molecule has 1 heterocycles. The maximum Gasteiger partial charge on any atom is 0.220 e. The monoisotopic (exact) mass is 431 g/mol. The summed E-state index contributed by atoms with van der Waals surface area (Å²) in [6, 6.07) is 19.1. The Hall–Kier alpha value is -3.34. The summed E-state index contributed by atoms with van der Waals surface area (Å²) in [5.74, 6) is 1.33. The van der Waals surface area contributed by atoms with Crippen molar-refractivity contribution >= 4 is 22.5 Å². The summed E-state index contributed by atoms with van der Waals surface area (Å²) < 4.78 is 12.2. The van der Waals surface area contributed by atoms with Gasteiger partial charge in [-0.2, -0.15) is 0 Å². The van der Waals surface area contributed by atoms with Crippen LogP contribution in [0.25, 0.3) is 10.8 Å².